The van der Waals surface area contributed by atoms with Crippen LogP contribution >= 0.6 is 11.8 Å². The Labute approximate surface area is 146 Å². The van der Waals surface area contributed by atoms with E-state index in [0.29, 0.717) is 11.7 Å². The van der Waals surface area contributed by atoms with E-state index in [0.717, 1.165) is 35.4 Å². The van der Waals surface area contributed by atoms with Crippen LogP contribution in [-0.2, 0) is 11.3 Å². The van der Waals surface area contributed by atoms with Crippen LogP contribution in [0.2, 0.25) is 0 Å². The van der Waals surface area contributed by atoms with Gasteiger partial charge in [0.2, 0.25) is 5.91 Å². The number of carbonyl (C=O) groups is 1. The summed E-state index contributed by atoms with van der Waals surface area (Å²) in [6.45, 7) is 3.04. The lowest BCUT2D eigenvalue weighted by molar-refractivity contribution is -0.113. The van der Waals surface area contributed by atoms with E-state index in [1.807, 2.05) is 18.2 Å². The van der Waals surface area contributed by atoms with Crippen LogP contribution in [0, 0.1) is 0 Å². The fourth-order valence-electron chi connectivity index (χ4n) is 2.51. The van der Waals surface area contributed by atoms with Crippen LogP contribution in [0.1, 0.15) is 37.9 Å². The average Bonchev–Trinajstić information content (AvgIpc) is 3.36. The van der Waals surface area contributed by atoms with Gasteiger partial charge in [-0.2, -0.15) is 0 Å². The van der Waals surface area contributed by atoms with Gasteiger partial charge in [0, 0.05) is 24.2 Å². The average molecular weight is 346 g/mol. The number of ether oxygens (including phenoxy) is 1. The number of nitrogens with zero attached hydrogens (tertiary/aromatic N) is 3. The van der Waals surface area contributed by atoms with E-state index in [9.17, 15) is 4.79 Å². The van der Waals surface area contributed by atoms with Crippen LogP contribution in [0.15, 0.2) is 29.4 Å². The first-order valence-electron chi connectivity index (χ1n) is 8.21. The van der Waals surface area contributed by atoms with Gasteiger partial charge in [0.05, 0.1) is 12.9 Å². The number of hydrogen-bond acceptors (Lipinski definition) is 5. The normalized spacial score (nSPS) is 13.8. The maximum Gasteiger partial charge on any atom is 0.234 e. The summed E-state index contributed by atoms with van der Waals surface area (Å²) in [6.07, 6.45) is 3.42. The molecule has 1 N–H and O–H groups in total. The van der Waals surface area contributed by atoms with Gasteiger partial charge in [0.25, 0.3) is 0 Å². The van der Waals surface area contributed by atoms with E-state index in [1.54, 1.807) is 13.2 Å². The largest absolute Gasteiger partial charge is 0.497 e. The zero-order valence-corrected chi connectivity index (χ0v) is 14.8. The van der Waals surface area contributed by atoms with Gasteiger partial charge in [0.15, 0.2) is 5.16 Å². The Morgan fingerprint density at radius 2 is 2.25 bits per heavy atom. The van der Waals surface area contributed by atoms with Crippen molar-refractivity contribution in [2.75, 3.05) is 18.2 Å². The second kappa shape index (κ2) is 7.70. The molecule has 0 atom stereocenters. The zero-order chi connectivity index (χ0) is 16.9. The van der Waals surface area contributed by atoms with E-state index >= 15 is 0 Å². The van der Waals surface area contributed by atoms with Crippen molar-refractivity contribution in [1.29, 1.82) is 0 Å². The van der Waals surface area contributed by atoms with Gasteiger partial charge in [-0.1, -0.05) is 24.8 Å². The highest BCUT2D eigenvalue weighted by molar-refractivity contribution is 7.99. The summed E-state index contributed by atoms with van der Waals surface area (Å²) in [4.78, 5) is 12.2. The number of thioether (sulfide) groups is 1. The molecular formula is C17H22N4O2S. The van der Waals surface area contributed by atoms with E-state index in [-0.39, 0.29) is 5.91 Å². The fourth-order valence-corrected chi connectivity index (χ4v) is 3.28. The molecule has 0 radical (unpaired) electrons. The van der Waals surface area contributed by atoms with E-state index in [2.05, 4.69) is 27.0 Å². The minimum absolute atomic E-state index is 0.0627. The topological polar surface area (TPSA) is 69.0 Å². The Morgan fingerprint density at radius 3 is 2.96 bits per heavy atom. The summed E-state index contributed by atoms with van der Waals surface area (Å²) in [5.41, 5.74) is 0.730. The number of anilines is 1. The summed E-state index contributed by atoms with van der Waals surface area (Å²) in [6, 6.07) is 7.33. The van der Waals surface area contributed by atoms with E-state index in [4.69, 9.17) is 4.74 Å². The van der Waals surface area contributed by atoms with Crippen LogP contribution in [0.5, 0.6) is 5.75 Å². The summed E-state index contributed by atoms with van der Waals surface area (Å²) in [7, 11) is 1.61. The van der Waals surface area contributed by atoms with Gasteiger partial charge in [0.1, 0.15) is 11.6 Å². The second-order valence-electron chi connectivity index (χ2n) is 5.84. The molecule has 24 heavy (non-hydrogen) atoms. The lowest BCUT2D eigenvalue weighted by Crippen LogP contribution is -2.15. The number of hydrogen-bond donors (Lipinski definition) is 1. The Bertz CT molecular complexity index is 712. The molecule has 1 fully saturated rings. The van der Waals surface area contributed by atoms with Crippen molar-refractivity contribution < 1.29 is 9.53 Å². The lowest BCUT2D eigenvalue weighted by atomic mass is 10.3. The molecule has 1 saturated carbocycles. The Balaban J connectivity index is 1.59. The number of amides is 1. The maximum atomic E-state index is 12.2. The molecule has 3 rings (SSSR count). The number of methoxy groups -OCH3 is 1. The third-order valence-electron chi connectivity index (χ3n) is 3.82. The molecule has 1 heterocycles. The Hall–Kier alpha value is -2.02. The highest BCUT2D eigenvalue weighted by Gasteiger charge is 2.30. The van der Waals surface area contributed by atoms with Crippen molar-refractivity contribution in [1.82, 2.24) is 14.8 Å². The van der Waals surface area contributed by atoms with Crippen LogP contribution in [-0.4, -0.2) is 33.5 Å². The molecule has 0 bridgehead atoms. The summed E-state index contributed by atoms with van der Waals surface area (Å²) >= 11 is 1.44. The van der Waals surface area contributed by atoms with Crippen LogP contribution < -0.4 is 10.1 Å². The Morgan fingerprint density at radius 1 is 1.42 bits per heavy atom. The van der Waals surface area contributed by atoms with E-state index in [1.165, 1.54) is 24.6 Å². The number of benzene rings is 1. The van der Waals surface area contributed by atoms with Gasteiger partial charge >= 0.3 is 0 Å². The first-order valence-corrected chi connectivity index (χ1v) is 9.19. The molecule has 2 aromatic rings. The van der Waals surface area contributed by atoms with Crippen LogP contribution in [0.3, 0.4) is 0 Å². The first kappa shape index (κ1) is 16.8. The van der Waals surface area contributed by atoms with Gasteiger partial charge in [-0.15, -0.1) is 10.2 Å². The third-order valence-corrected chi connectivity index (χ3v) is 4.79. The molecule has 0 spiro atoms. The lowest BCUT2D eigenvalue weighted by Gasteiger charge is -2.09. The molecule has 1 aromatic carbocycles. The minimum Gasteiger partial charge on any atom is -0.497 e. The molecule has 6 nitrogen and oxygen atoms in total. The number of carbonyl (C=O) groups excluding carboxylic acids is 1. The summed E-state index contributed by atoms with van der Waals surface area (Å²) in [5, 5.41) is 12.3. The first-order chi connectivity index (χ1) is 11.7. The molecule has 0 saturated heterocycles. The second-order valence-corrected chi connectivity index (χ2v) is 6.78. The standard InChI is InChI=1S/C17H22N4O2S/c1-3-9-21-16(12-7-8-12)19-20-17(21)24-11-15(22)18-13-5-4-6-14(10-13)23-2/h4-6,10,12H,3,7-9,11H2,1-2H3,(H,18,22). The SMILES string of the molecule is CCCn1c(SCC(=O)Nc2cccc(OC)c2)nnc1C1CC1. The van der Waals surface area contributed by atoms with Crippen LogP contribution in [0.25, 0.3) is 0 Å². The van der Waals surface area contributed by atoms with Crippen molar-refractivity contribution in [3.8, 4) is 5.75 Å². The predicted octanol–water partition coefficient (Wildman–Crippen LogP) is 3.30. The molecular weight excluding hydrogens is 324 g/mol. The molecule has 0 unspecified atom stereocenters. The molecule has 1 aliphatic carbocycles. The molecule has 1 aliphatic rings. The molecule has 1 aromatic heterocycles. The minimum atomic E-state index is -0.0627. The summed E-state index contributed by atoms with van der Waals surface area (Å²) < 4.78 is 7.33. The van der Waals surface area contributed by atoms with Gasteiger partial charge in [-0.25, -0.2) is 0 Å². The molecule has 0 aliphatic heterocycles. The zero-order valence-electron chi connectivity index (χ0n) is 14.0. The third kappa shape index (κ3) is 4.08. The quantitative estimate of drug-likeness (QED) is 0.743. The predicted molar refractivity (Wildman–Crippen MR) is 94.6 cm³/mol. The van der Waals surface area contributed by atoms with Crippen molar-refractivity contribution in [3.05, 3.63) is 30.1 Å². The Kier molecular flexibility index (Phi) is 5.40. The number of aromatic nitrogens is 3. The smallest absolute Gasteiger partial charge is 0.234 e. The highest BCUT2D eigenvalue weighted by Crippen LogP contribution is 2.40. The van der Waals surface area contributed by atoms with Crippen molar-refractivity contribution in [2.45, 2.75) is 43.8 Å². The monoisotopic (exact) mass is 346 g/mol. The number of rotatable bonds is 8. The van der Waals surface area contributed by atoms with Crippen molar-refractivity contribution >= 4 is 23.4 Å². The van der Waals surface area contributed by atoms with Crippen LogP contribution in [0.4, 0.5) is 5.69 Å². The van der Waals surface area contributed by atoms with Gasteiger partial charge < -0.3 is 14.6 Å². The van der Waals surface area contributed by atoms with Gasteiger partial charge in [-0.05, 0) is 31.4 Å². The number of nitrogens with one attached hydrogen (secondary N) is 1. The van der Waals surface area contributed by atoms with E-state index < -0.39 is 0 Å². The van der Waals surface area contributed by atoms with Gasteiger partial charge in [-0.3, -0.25) is 4.79 Å². The van der Waals surface area contributed by atoms with Crippen molar-refractivity contribution in [2.24, 2.45) is 0 Å². The summed E-state index contributed by atoms with van der Waals surface area (Å²) in [5.74, 6) is 2.60. The highest BCUT2D eigenvalue weighted by atomic mass is 32.2. The van der Waals surface area contributed by atoms with Crippen molar-refractivity contribution in [3.63, 3.8) is 0 Å². The maximum absolute atomic E-state index is 12.2. The molecule has 1 amide bonds. The molecule has 7 heteroatoms. The molecule has 128 valence electrons. The fraction of sp³-hybridized carbons (Fsp3) is 0.471.